The molecule has 0 bridgehead atoms. The smallest absolute Gasteiger partial charge is 0.284 e. The number of aliphatic hydroxyl groups is 2. The summed E-state index contributed by atoms with van der Waals surface area (Å²) in [6, 6.07) is 0. The van der Waals surface area contributed by atoms with Crippen LogP contribution in [0, 0.1) is 0 Å². The normalized spacial score (nSPS) is 13.1. The van der Waals surface area contributed by atoms with E-state index in [-0.39, 0.29) is 42.2 Å². The van der Waals surface area contributed by atoms with Gasteiger partial charge in [-0.05, 0) is 47.4 Å². The van der Waals surface area contributed by atoms with Crippen LogP contribution in [-0.4, -0.2) is 19.0 Å². The van der Waals surface area contributed by atoms with Gasteiger partial charge in [0.15, 0.2) is 0 Å². The molecule has 176 valence electrons. The third kappa shape index (κ3) is 7.80. The molecule has 2 heterocycles. The first-order valence-corrected chi connectivity index (χ1v) is 11.8. The van der Waals surface area contributed by atoms with Crippen molar-refractivity contribution in [1.29, 1.82) is 0 Å². The number of hydrogen-bond donors (Lipinski definition) is 2. The van der Waals surface area contributed by atoms with Crippen LogP contribution in [-0.2, 0) is 39.8 Å². The Labute approximate surface area is 228 Å². The van der Waals surface area contributed by atoms with Crippen molar-refractivity contribution in [3.63, 3.8) is 0 Å². The number of aliphatic hydroxyl groups excluding tert-OH is 2. The van der Waals surface area contributed by atoms with Crippen LogP contribution in [0.3, 0.4) is 0 Å². The molecule has 2 N–H and O–H groups in total. The van der Waals surface area contributed by atoms with Gasteiger partial charge in [-0.3, -0.25) is 0 Å². The average Bonchev–Trinajstić information content (AvgIpc) is 3.59. The molecule has 4 rings (SSSR count). The van der Waals surface area contributed by atoms with E-state index in [0.29, 0.717) is 41.3 Å². The molecular formula is C20H14Cl4FeN2O4S2. The fourth-order valence-electron chi connectivity index (χ4n) is 2.23. The number of rotatable bonds is 6. The number of allylic oxidation sites excluding steroid dienone is 10. The van der Waals surface area contributed by atoms with Crippen molar-refractivity contribution in [2.75, 3.05) is 0 Å². The largest absolute Gasteiger partial charge is 0.481 e. The predicted octanol–water partition coefficient (Wildman–Crippen LogP) is 7.72. The number of halogens is 4. The molecule has 13 heteroatoms. The molecule has 6 nitrogen and oxygen atoms in total. The fourth-order valence-corrected chi connectivity index (χ4v) is 4.22. The molecule has 0 radical (unpaired) electrons. The van der Waals surface area contributed by atoms with Gasteiger partial charge < -0.3 is 19.7 Å². The summed E-state index contributed by atoms with van der Waals surface area (Å²) in [6.07, 6.45) is 14.2. The van der Waals surface area contributed by atoms with Crippen LogP contribution >= 0.6 is 69.5 Å². The van der Waals surface area contributed by atoms with Crippen LogP contribution in [0.25, 0.3) is 0 Å². The molecule has 2 aliphatic rings. The van der Waals surface area contributed by atoms with Crippen LogP contribution in [0.4, 0.5) is 0 Å². The van der Waals surface area contributed by atoms with Crippen LogP contribution in [0.1, 0.15) is 11.4 Å². The van der Waals surface area contributed by atoms with E-state index in [1.165, 1.54) is 0 Å². The minimum Gasteiger partial charge on any atom is -0.481 e. The van der Waals surface area contributed by atoms with Gasteiger partial charge in [-0.2, -0.15) is 8.75 Å². The summed E-state index contributed by atoms with van der Waals surface area (Å²) in [5.74, 6) is -0.296. The molecular weight excluding hydrogens is 594 g/mol. The molecule has 0 amide bonds. The molecule has 0 spiro atoms. The van der Waals surface area contributed by atoms with Gasteiger partial charge in [0.1, 0.15) is 33.3 Å². The van der Waals surface area contributed by atoms with Crippen LogP contribution in [0.5, 0.6) is 0 Å². The second-order valence-electron chi connectivity index (χ2n) is 5.97. The monoisotopic (exact) mass is 606 g/mol. The van der Waals surface area contributed by atoms with Gasteiger partial charge in [0.25, 0.3) is 11.9 Å². The Hall–Kier alpha value is -1.42. The third-order valence-electron chi connectivity index (χ3n) is 3.83. The second-order valence-corrected chi connectivity index (χ2v) is 9.48. The fraction of sp³-hybridized carbons (Fsp3) is 0.100. The van der Waals surface area contributed by atoms with Gasteiger partial charge >= 0.3 is 0 Å². The first-order chi connectivity index (χ1) is 15.4. The minimum atomic E-state index is -0.148. The first-order valence-electron chi connectivity index (χ1n) is 8.77. The van der Waals surface area contributed by atoms with Gasteiger partial charge in [0, 0.05) is 17.1 Å². The molecule has 33 heavy (non-hydrogen) atoms. The SMILES string of the molecule is OC(OCc1nsc(Cl)c1Cl)=C1C=CC=C1.OC(OCc1nsc(Cl)c1Cl)=C1C=CC=C1.[Fe]. The quantitative estimate of drug-likeness (QED) is 0.258. The van der Waals surface area contributed by atoms with Crippen molar-refractivity contribution >= 4 is 69.5 Å². The maximum Gasteiger partial charge on any atom is 0.284 e. The Bertz CT molecular complexity index is 1050. The second kappa shape index (κ2) is 13.5. The van der Waals surface area contributed by atoms with Crippen molar-refractivity contribution in [2.45, 2.75) is 13.2 Å². The number of nitrogens with zero attached hydrogens (tertiary/aromatic N) is 2. The van der Waals surface area contributed by atoms with Gasteiger partial charge in [-0.25, -0.2) is 0 Å². The van der Waals surface area contributed by atoms with Crippen LogP contribution < -0.4 is 0 Å². The van der Waals surface area contributed by atoms with Gasteiger partial charge in [-0.15, -0.1) is 0 Å². The summed E-state index contributed by atoms with van der Waals surface area (Å²) in [5.41, 5.74) is 2.29. The molecule has 0 saturated heterocycles. The maximum absolute atomic E-state index is 9.56. The van der Waals surface area contributed by atoms with E-state index in [2.05, 4.69) is 8.75 Å². The van der Waals surface area contributed by atoms with Crippen molar-refractivity contribution in [3.05, 3.63) is 102 Å². The van der Waals surface area contributed by atoms with Crippen molar-refractivity contribution < 1.29 is 36.8 Å². The van der Waals surface area contributed by atoms with Crippen LogP contribution in [0.15, 0.2) is 71.6 Å². The minimum absolute atomic E-state index is 0. The molecule has 0 unspecified atom stereocenters. The Morgan fingerprint density at radius 1 is 0.697 bits per heavy atom. The summed E-state index contributed by atoms with van der Waals surface area (Å²) in [6.45, 7) is 0.193. The molecule has 0 aromatic carbocycles. The summed E-state index contributed by atoms with van der Waals surface area (Å²) in [7, 11) is 0. The average molecular weight is 608 g/mol. The van der Waals surface area contributed by atoms with E-state index in [1.54, 1.807) is 24.3 Å². The van der Waals surface area contributed by atoms with Gasteiger partial charge in [0.05, 0.1) is 21.2 Å². The Morgan fingerprint density at radius 3 is 1.30 bits per heavy atom. The molecule has 0 atom stereocenters. The van der Waals surface area contributed by atoms with Crippen molar-refractivity contribution in [3.8, 4) is 0 Å². The summed E-state index contributed by atoms with van der Waals surface area (Å²) >= 11 is 25.4. The number of aromatic nitrogens is 2. The van der Waals surface area contributed by atoms with E-state index in [9.17, 15) is 10.2 Å². The Balaban J connectivity index is 0.000000227. The zero-order chi connectivity index (χ0) is 23.1. The predicted molar refractivity (Wildman–Crippen MR) is 130 cm³/mol. The number of ether oxygens (including phenoxy) is 2. The Morgan fingerprint density at radius 2 is 1.03 bits per heavy atom. The summed E-state index contributed by atoms with van der Waals surface area (Å²) in [4.78, 5) is 0. The standard InChI is InChI=1S/2C10H7Cl2NO2S.Fe/c2*11-8-7(13-16-9(8)12)5-15-10(14)6-3-1-2-4-6;/h2*1-4,14H,5H2;. The van der Waals surface area contributed by atoms with E-state index < -0.39 is 0 Å². The zero-order valence-corrected chi connectivity index (χ0v) is 22.1. The van der Waals surface area contributed by atoms with Gasteiger partial charge in [-0.1, -0.05) is 70.7 Å². The molecule has 0 aliphatic heterocycles. The summed E-state index contributed by atoms with van der Waals surface area (Å²) < 4.78 is 19.1. The van der Waals surface area contributed by atoms with E-state index in [4.69, 9.17) is 55.9 Å². The maximum atomic E-state index is 9.56. The molecule has 2 aliphatic carbocycles. The van der Waals surface area contributed by atoms with Gasteiger partial charge in [0.2, 0.25) is 0 Å². The molecule has 2 aromatic rings. The number of hydrogen-bond acceptors (Lipinski definition) is 8. The van der Waals surface area contributed by atoms with Crippen molar-refractivity contribution in [1.82, 2.24) is 8.75 Å². The summed E-state index contributed by atoms with van der Waals surface area (Å²) in [5, 5.41) is 19.9. The van der Waals surface area contributed by atoms with E-state index >= 15 is 0 Å². The molecule has 2 aromatic heterocycles. The molecule has 0 fully saturated rings. The zero-order valence-electron chi connectivity index (χ0n) is 16.3. The Kier molecular flexibility index (Phi) is 11.4. The third-order valence-corrected chi connectivity index (χ3v) is 7.21. The van der Waals surface area contributed by atoms with Crippen LogP contribution in [0.2, 0.25) is 18.7 Å². The topological polar surface area (TPSA) is 84.7 Å². The van der Waals surface area contributed by atoms with E-state index in [0.717, 1.165) is 23.1 Å². The van der Waals surface area contributed by atoms with E-state index in [1.807, 2.05) is 24.3 Å². The first kappa shape index (κ1) is 27.8. The van der Waals surface area contributed by atoms with Crippen molar-refractivity contribution in [2.24, 2.45) is 0 Å². The molecule has 0 saturated carbocycles.